The molecule has 0 rings (SSSR count). The highest BCUT2D eigenvalue weighted by molar-refractivity contribution is 5.96. The maximum absolute atomic E-state index is 8.03. The van der Waals surface area contributed by atoms with Gasteiger partial charge in [-0.15, -0.1) is 0 Å². The summed E-state index contributed by atoms with van der Waals surface area (Å²) in [5.74, 6) is 0. The van der Waals surface area contributed by atoms with Crippen molar-refractivity contribution in [2.24, 2.45) is 5.16 Å². The second kappa shape index (κ2) is 2.39. The maximum atomic E-state index is 8.03. The van der Waals surface area contributed by atoms with E-state index >= 15 is 0 Å². The fourth-order valence-electron chi connectivity index (χ4n) is 0.0854. The van der Waals surface area contributed by atoms with Crippen molar-refractivity contribution in [1.29, 1.82) is 0 Å². The number of oxime groups is 1. The molecular weight excluding hydrogens is 90.1 g/mol. The van der Waals surface area contributed by atoms with Crippen molar-refractivity contribution < 1.29 is 5.21 Å². The Bertz CT molecular complexity index is 105. The molecule has 0 aliphatic heterocycles. The molecule has 0 saturated heterocycles. The molecule has 2 nitrogen and oxygen atoms in total. The SMILES string of the molecule is C=C(C)/C(C)=N\O. The molecule has 0 radical (unpaired) electrons. The zero-order valence-corrected chi connectivity index (χ0v) is 4.60. The summed E-state index contributed by atoms with van der Waals surface area (Å²) >= 11 is 0. The fourth-order valence-corrected chi connectivity index (χ4v) is 0.0854. The van der Waals surface area contributed by atoms with E-state index in [1.54, 1.807) is 13.8 Å². The summed E-state index contributed by atoms with van der Waals surface area (Å²) in [6.45, 7) is 7.02. The van der Waals surface area contributed by atoms with Crippen molar-refractivity contribution in [3.63, 3.8) is 0 Å². The van der Waals surface area contributed by atoms with Gasteiger partial charge in [0.05, 0.1) is 5.71 Å². The van der Waals surface area contributed by atoms with Gasteiger partial charge in [-0.2, -0.15) is 0 Å². The van der Waals surface area contributed by atoms with Crippen LogP contribution in [-0.2, 0) is 0 Å². The van der Waals surface area contributed by atoms with Crippen molar-refractivity contribution in [3.8, 4) is 0 Å². The van der Waals surface area contributed by atoms with Gasteiger partial charge >= 0.3 is 0 Å². The zero-order valence-electron chi connectivity index (χ0n) is 4.60. The zero-order chi connectivity index (χ0) is 5.86. The highest BCUT2D eigenvalue weighted by Gasteiger charge is 1.86. The molecule has 0 unspecified atom stereocenters. The lowest BCUT2D eigenvalue weighted by atomic mass is 10.2. The monoisotopic (exact) mass is 99.1 g/mol. The summed E-state index contributed by atoms with van der Waals surface area (Å²) in [4.78, 5) is 0. The molecule has 1 N–H and O–H groups in total. The van der Waals surface area contributed by atoms with Crippen LogP contribution < -0.4 is 0 Å². The second-order valence-electron chi connectivity index (χ2n) is 1.47. The first-order chi connectivity index (χ1) is 3.18. The van der Waals surface area contributed by atoms with E-state index in [0.717, 1.165) is 5.57 Å². The van der Waals surface area contributed by atoms with Crippen LogP contribution in [0.4, 0.5) is 0 Å². The van der Waals surface area contributed by atoms with Crippen LogP contribution in [0, 0.1) is 0 Å². The van der Waals surface area contributed by atoms with E-state index in [0.29, 0.717) is 5.71 Å². The molecule has 0 aliphatic rings. The molecule has 0 atom stereocenters. The molecule has 0 aromatic heterocycles. The fraction of sp³-hybridized carbons (Fsp3) is 0.400. The average Bonchev–Trinajstić information content (AvgIpc) is 1.65. The lowest BCUT2D eigenvalue weighted by Crippen LogP contribution is -1.88. The first-order valence-corrected chi connectivity index (χ1v) is 2.03. The summed E-state index contributed by atoms with van der Waals surface area (Å²) in [5, 5.41) is 10.9. The van der Waals surface area contributed by atoms with Gasteiger partial charge in [0.2, 0.25) is 0 Å². The minimum Gasteiger partial charge on any atom is -0.411 e. The lowest BCUT2D eigenvalue weighted by molar-refractivity contribution is 0.319. The molecule has 2 heteroatoms. The highest BCUT2D eigenvalue weighted by Crippen LogP contribution is 1.88. The van der Waals surface area contributed by atoms with Crippen molar-refractivity contribution in [3.05, 3.63) is 12.2 Å². The number of rotatable bonds is 1. The van der Waals surface area contributed by atoms with Gasteiger partial charge < -0.3 is 5.21 Å². The van der Waals surface area contributed by atoms with Gasteiger partial charge in [0, 0.05) is 0 Å². The Hall–Kier alpha value is -0.790. The molecule has 0 aromatic rings. The molecule has 40 valence electrons. The van der Waals surface area contributed by atoms with E-state index in [-0.39, 0.29) is 0 Å². The van der Waals surface area contributed by atoms with E-state index in [1.165, 1.54) is 0 Å². The van der Waals surface area contributed by atoms with Crippen LogP contribution in [0.2, 0.25) is 0 Å². The van der Waals surface area contributed by atoms with Crippen molar-refractivity contribution in [2.45, 2.75) is 13.8 Å². The Morgan fingerprint density at radius 2 is 2.00 bits per heavy atom. The Labute approximate surface area is 43.2 Å². The summed E-state index contributed by atoms with van der Waals surface area (Å²) in [7, 11) is 0. The highest BCUT2D eigenvalue weighted by atomic mass is 16.4. The molecule has 0 aromatic carbocycles. The maximum Gasteiger partial charge on any atom is 0.0787 e. The van der Waals surface area contributed by atoms with E-state index in [2.05, 4.69) is 11.7 Å². The second-order valence-corrected chi connectivity index (χ2v) is 1.47. The molecule has 0 fully saturated rings. The van der Waals surface area contributed by atoms with E-state index in [1.807, 2.05) is 0 Å². The van der Waals surface area contributed by atoms with Gasteiger partial charge in [-0.25, -0.2) is 0 Å². The minimum atomic E-state index is 0.583. The first kappa shape index (κ1) is 6.21. The smallest absolute Gasteiger partial charge is 0.0787 e. The summed E-state index contributed by atoms with van der Waals surface area (Å²) in [6, 6.07) is 0. The van der Waals surface area contributed by atoms with Gasteiger partial charge in [0.15, 0.2) is 0 Å². The van der Waals surface area contributed by atoms with Gasteiger partial charge in [-0.3, -0.25) is 0 Å². The van der Waals surface area contributed by atoms with Crippen LogP contribution in [0.25, 0.3) is 0 Å². The largest absolute Gasteiger partial charge is 0.411 e. The van der Waals surface area contributed by atoms with E-state index in [9.17, 15) is 0 Å². The molecule has 0 spiro atoms. The van der Waals surface area contributed by atoms with Gasteiger partial charge in [0.25, 0.3) is 0 Å². The number of nitrogens with zero attached hydrogens (tertiary/aromatic N) is 1. The molecular formula is C5H9NO. The number of hydrogen-bond donors (Lipinski definition) is 1. The van der Waals surface area contributed by atoms with Crippen molar-refractivity contribution in [2.75, 3.05) is 0 Å². The molecule has 7 heavy (non-hydrogen) atoms. The Balaban J connectivity index is 3.82. The van der Waals surface area contributed by atoms with Crippen LogP contribution in [0.1, 0.15) is 13.8 Å². The predicted octanol–water partition coefficient (Wildman–Crippen LogP) is 1.41. The molecule has 0 bridgehead atoms. The standard InChI is InChI=1S/C5H9NO/c1-4(2)5(3)6-7/h7H,1H2,2-3H3/b6-5-. The van der Waals surface area contributed by atoms with Gasteiger partial charge in [-0.1, -0.05) is 11.7 Å². The van der Waals surface area contributed by atoms with E-state index in [4.69, 9.17) is 5.21 Å². The third kappa shape index (κ3) is 1.98. The Kier molecular flexibility index (Phi) is 2.12. The molecule has 0 amide bonds. The summed E-state index contributed by atoms with van der Waals surface area (Å²) in [5.41, 5.74) is 1.38. The number of allylic oxidation sites excluding steroid dienone is 1. The van der Waals surface area contributed by atoms with Gasteiger partial charge in [0.1, 0.15) is 0 Å². The average molecular weight is 99.1 g/mol. The topological polar surface area (TPSA) is 32.6 Å². The third-order valence-corrected chi connectivity index (χ3v) is 0.768. The van der Waals surface area contributed by atoms with Gasteiger partial charge in [-0.05, 0) is 19.4 Å². The number of hydrogen-bond acceptors (Lipinski definition) is 2. The Morgan fingerprint density at radius 1 is 1.57 bits per heavy atom. The quantitative estimate of drug-likeness (QED) is 0.301. The third-order valence-electron chi connectivity index (χ3n) is 0.768. The van der Waals surface area contributed by atoms with Crippen LogP contribution in [0.15, 0.2) is 17.3 Å². The molecule has 0 saturated carbocycles. The first-order valence-electron chi connectivity index (χ1n) is 2.03. The predicted molar refractivity (Wildman–Crippen MR) is 29.7 cm³/mol. The van der Waals surface area contributed by atoms with Crippen molar-refractivity contribution in [1.82, 2.24) is 0 Å². The Morgan fingerprint density at radius 3 is 2.00 bits per heavy atom. The normalized spacial score (nSPS) is 11.4. The lowest BCUT2D eigenvalue weighted by Gasteiger charge is -1.88. The molecule has 0 aliphatic carbocycles. The molecule has 0 heterocycles. The van der Waals surface area contributed by atoms with Crippen LogP contribution >= 0.6 is 0 Å². The van der Waals surface area contributed by atoms with Crippen molar-refractivity contribution >= 4 is 5.71 Å². The van der Waals surface area contributed by atoms with E-state index < -0.39 is 0 Å². The summed E-state index contributed by atoms with van der Waals surface area (Å²) < 4.78 is 0. The van der Waals surface area contributed by atoms with Crippen LogP contribution in [0.5, 0.6) is 0 Å². The minimum absolute atomic E-state index is 0.583. The van der Waals surface area contributed by atoms with Crippen LogP contribution in [-0.4, -0.2) is 10.9 Å². The van der Waals surface area contributed by atoms with Crippen LogP contribution in [0.3, 0.4) is 0 Å². The summed E-state index contributed by atoms with van der Waals surface area (Å²) in [6.07, 6.45) is 0.